The molecule has 5 nitrogen and oxygen atoms in total. The molecule has 0 radical (unpaired) electrons. The van der Waals surface area contributed by atoms with Gasteiger partial charge >= 0.3 is 5.97 Å². The first-order valence-corrected chi connectivity index (χ1v) is 9.23. The molecule has 128 valence electrons. The largest absolute Gasteiger partial charge is 0.461 e. The van der Waals surface area contributed by atoms with Gasteiger partial charge in [-0.15, -0.1) is 11.8 Å². The van der Waals surface area contributed by atoms with E-state index in [-0.39, 0.29) is 0 Å². The van der Waals surface area contributed by atoms with Crippen LogP contribution in [0.2, 0.25) is 0 Å². The average Bonchev–Trinajstić information content (AvgIpc) is 3.08. The molecule has 2 heterocycles. The van der Waals surface area contributed by atoms with E-state index in [1.807, 2.05) is 30.3 Å². The van der Waals surface area contributed by atoms with E-state index in [1.54, 1.807) is 35.5 Å². The summed E-state index contributed by atoms with van der Waals surface area (Å²) in [6, 6.07) is 17.4. The molecule has 1 aliphatic rings. The first-order valence-electron chi connectivity index (χ1n) is 8.24. The zero-order chi connectivity index (χ0) is 18.1. The number of carbonyl (C=O) groups excluding carboxylic acids is 1. The number of hydrogen-bond acceptors (Lipinski definition) is 5. The second kappa shape index (κ2) is 6.70. The number of carbonyl (C=O) groups is 1. The van der Waals surface area contributed by atoms with Crippen molar-refractivity contribution in [3.63, 3.8) is 0 Å². The van der Waals surface area contributed by atoms with Crippen molar-refractivity contribution in [3.05, 3.63) is 65.4 Å². The fourth-order valence-electron chi connectivity index (χ4n) is 3.06. The first kappa shape index (κ1) is 16.4. The number of hydrogen-bond donors (Lipinski definition) is 0. The Morgan fingerprint density at radius 2 is 2.15 bits per heavy atom. The van der Waals surface area contributed by atoms with Gasteiger partial charge in [-0.05, 0) is 31.2 Å². The lowest BCUT2D eigenvalue weighted by Gasteiger charge is -2.18. The molecule has 0 unspecified atom stereocenters. The van der Waals surface area contributed by atoms with E-state index < -0.39 is 5.97 Å². The SMILES string of the molecule is CCOC(=O)c1nn(-c2cccc(C#N)c2)c2c1CSc1ccccc1-2. The second-order valence-corrected chi connectivity index (χ2v) is 6.77. The van der Waals surface area contributed by atoms with Gasteiger partial charge in [0.1, 0.15) is 0 Å². The third-order valence-corrected chi connectivity index (χ3v) is 5.29. The summed E-state index contributed by atoms with van der Waals surface area (Å²) in [7, 11) is 0. The fourth-order valence-corrected chi connectivity index (χ4v) is 4.13. The van der Waals surface area contributed by atoms with Crippen LogP contribution < -0.4 is 0 Å². The first-order chi connectivity index (χ1) is 12.7. The lowest BCUT2D eigenvalue weighted by molar-refractivity contribution is 0.0518. The molecule has 0 spiro atoms. The molecule has 0 atom stereocenters. The van der Waals surface area contributed by atoms with Crippen LogP contribution >= 0.6 is 11.8 Å². The quantitative estimate of drug-likeness (QED) is 0.654. The Bertz CT molecular complexity index is 1050. The third kappa shape index (κ3) is 2.67. The summed E-state index contributed by atoms with van der Waals surface area (Å²) < 4.78 is 6.95. The zero-order valence-corrected chi connectivity index (χ0v) is 14.9. The van der Waals surface area contributed by atoms with Crippen molar-refractivity contribution in [2.24, 2.45) is 0 Å². The third-order valence-electron chi connectivity index (χ3n) is 4.19. The fraction of sp³-hybridized carbons (Fsp3) is 0.150. The molecule has 1 aliphatic heterocycles. The highest BCUT2D eigenvalue weighted by Crippen LogP contribution is 2.43. The van der Waals surface area contributed by atoms with Gasteiger partial charge in [0.05, 0.1) is 29.6 Å². The number of fused-ring (bicyclic) bond motifs is 3. The van der Waals surface area contributed by atoms with Crippen LogP contribution in [0.3, 0.4) is 0 Å². The summed E-state index contributed by atoms with van der Waals surface area (Å²) in [6.45, 7) is 2.08. The number of nitriles is 1. The number of thioether (sulfide) groups is 1. The summed E-state index contributed by atoms with van der Waals surface area (Å²) in [6.07, 6.45) is 0. The van der Waals surface area contributed by atoms with Gasteiger partial charge in [-0.25, -0.2) is 9.48 Å². The molecule has 4 rings (SSSR count). The molecular formula is C20H15N3O2S. The minimum absolute atomic E-state index is 0.300. The highest BCUT2D eigenvalue weighted by molar-refractivity contribution is 7.98. The van der Waals surface area contributed by atoms with Crippen LogP contribution in [0.15, 0.2) is 53.4 Å². The van der Waals surface area contributed by atoms with Gasteiger partial charge in [-0.3, -0.25) is 0 Å². The van der Waals surface area contributed by atoms with Crippen LogP contribution in [0.5, 0.6) is 0 Å². The Kier molecular flexibility index (Phi) is 4.23. The van der Waals surface area contributed by atoms with Gasteiger partial charge in [0.25, 0.3) is 0 Å². The minimum Gasteiger partial charge on any atom is -0.461 e. The van der Waals surface area contributed by atoms with Gasteiger partial charge in [0.15, 0.2) is 5.69 Å². The molecule has 3 aromatic rings. The maximum atomic E-state index is 12.4. The van der Waals surface area contributed by atoms with Crippen molar-refractivity contribution in [1.29, 1.82) is 5.26 Å². The average molecular weight is 361 g/mol. The zero-order valence-electron chi connectivity index (χ0n) is 14.1. The van der Waals surface area contributed by atoms with Crippen LogP contribution in [-0.2, 0) is 10.5 Å². The normalized spacial score (nSPS) is 12.0. The molecule has 1 aromatic heterocycles. The van der Waals surface area contributed by atoms with Gasteiger partial charge in [-0.2, -0.15) is 10.4 Å². The number of ether oxygens (including phenoxy) is 1. The van der Waals surface area contributed by atoms with E-state index >= 15 is 0 Å². The summed E-state index contributed by atoms with van der Waals surface area (Å²) in [5.74, 6) is 0.234. The Morgan fingerprint density at radius 1 is 1.31 bits per heavy atom. The molecule has 0 amide bonds. The molecule has 0 fully saturated rings. The van der Waals surface area contributed by atoms with Crippen molar-refractivity contribution < 1.29 is 9.53 Å². The van der Waals surface area contributed by atoms with Gasteiger partial charge in [0, 0.05) is 21.8 Å². The van der Waals surface area contributed by atoms with Gasteiger partial charge < -0.3 is 4.74 Å². The number of aromatic nitrogens is 2. The van der Waals surface area contributed by atoms with Crippen molar-refractivity contribution >= 4 is 17.7 Å². The molecule has 0 bridgehead atoms. The van der Waals surface area contributed by atoms with E-state index in [1.165, 1.54) is 0 Å². The van der Waals surface area contributed by atoms with Crippen LogP contribution in [0.1, 0.15) is 28.5 Å². The van der Waals surface area contributed by atoms with E-state index in [4.69, 9.17) is 4.74 Å². The number of benzene rings is 2. The molecule has 26 heavy (non-hydrogen) atoms. The van der Waals surface area contributed by atoms with Crippen molar-refractivity contribution in [2.45, 2.75) is 17.6 Å². The standard InChI is InChI=1S/C20H15N3O2S/c1-2-25-20(24)18-16-12-26-17-9-4-3-8-15(17)19(16)23(22-18)14-7-5-6-13(10-14)11-21/h3-10H,2,12H2,1H3. The summed E-state index contributed by atoms with van der Waals surface area (Å²) in [5, 5.41) is 13.8. The molecule has 6 heteroatoms. The minimum atomic E-state index is -0.418. The molecule has 0 aliphatic carbocycles. The van der Waals surface area contributed by atoms with Gasteiger partial charge in [-0.1, -0.05) is 24.3 Å². The van der Waals surface area contributed by atoms with Gasteiger partial charge in [0.2, 0.25) is 0 Å². The number of esters is 1. The van der Waals surface area contributed by atoms with E-state index in [0.717, 1.165) is 27.4 Å². The van der Waals surface area contributed by atoms with Crippen molar-refractivity contribution in [3.8, 4) is 23.0 Å². The molecular weight excluding hydrogens is 346 g/mol. The number of rotatable bonds is 3. The maximum Gasteiger partial charge on any atom is 0.359 e. The Balaban J connectivity index is 1.98. The lowest BCUT2D eigenvalue weighted by Crippen LogP contribution is -2.08. The van der Waals surface area contributed by atoms with Crippen LogP contribution in [0, 0.1) is 11.3 Å². The lowest BCUT2D eigenvalue weighted by atomic mass is 10.1. The molecule has 0 saturated carbocycles. The topological polar surface area (TPSA) is 67.9 Å². The summed E-state index contributed by atoms with van der Waals surface area (Å²) in [4.78, 5) is 13.6. The predicted octanol–water partition coefficient (Wildman–Crippen LogP) is 4.19. The molecule has 2 aromatic carbocycles. The van der Waals surface area contributed by atoms with E-state index in [9.17, 15) is 10.1 Å². The highest BCUT2D eigenvalue weighted by atomic mass is 32.2. The van der Waals surface area contributed by atoms with E-state index in [0.29, 0.717) is 23.6 Å². The van der Waals surface area contributed by atoms with E-state index in [2.05, 4.69) is 17.2 Å². The van der Waals surface area contributed by atoms with Crippen molar-refractivity contribution in [2.75, 3.05) is 6.61 Å². The Labute approximate surface area is 155 Å². The molecule has 0 saturated heterocycles. The molecule has 0 N–H and O–H groups in total. The maximum absolute atomic E-state index is 12.4. The monoisotopic (exact) mass is 361 g/mol. The Morgan fingerprint density at radius 3 is 2.96 bits per heavy atom. The summed E-state index contributed by atoms with van der Waals surface area (Å²) >= 11 is 1.68. The van der Waals surface area contributed by atoms with Crippen LogP contribution in [0.25, 0.3) is 16.9 Å². The Hall–Kier alpha value is -3.04. The second-order valence-electron chi connectivity index (χ2n) is 5.76. The van der Waals surface area contributed by atoms with Crippen LogP contribution in [-0.4, -0.2) is 22.4 Å². The highest BCUT2D eigenvalue weighted by Gasteiger charge is 2.29. The summed E-state index contributed by atoms with van der Waals surface area (Å²) in [5.41, 5.74) is 4.42. The predicted molar refractivity (Wildman–Crippen MR) is 99.2 cm³/mol. The van der Waals surface area contributed by atoms with Crippen molar-refractivity contribution in [1.82, 2.24) is 9.78 Å². The van der Waals surface area contributed by atoms with Crippen LogP contribution in [0.4, 0.5) is 0 Å². The number of nitrogens with zero attached hydrogens (tertiary/aromatic N) is 3. The smallest absolute Gasteiger partial charge is 0.359 e.